The van der Waals surface area contributed by atoms with Crippen molar-refractivity contribution in [2.24, 2.45) is 10.9 Å². The minimum Gasteiger partial charge on any atom is -0.359 e. The van der Waals surface area contributed by atoms with E-state index in [1.807, 2.05) is 23.5 Å². The Bertz CT molecular complexity index is 361. The molecule has 3 aliphatic rings. The Morgan fingerprint density at radius 2 is 2.05 bits per heavy atom. The standard InChI is InChI=1S/C16H28N2S2/c1-12-6-8-16(9-7-12)11-20-15(18-16)17-13-4-3-5-14(10-13)19-2/h12-14H,3-11H2,1-2H3,(H,17,18). The van der Waals surface area contributed by atoms with Gasteiger partial charge in [0, 0.05) is 16.5 Å². The van der Waals surface area contributed by atoms with E-state index in [1.165, 1.54) is 62.3 Å². The van der Waals surface area contributed by atoms with Gasteiger partial charge in [-0.05, 0) is 57.1 Å². The van der Waals surface area contributed by atoms with Crippen molar-refractivity contribution in [2.45, 2.75) is 75.1 Å². The number of rotatable bonds is 2. The van der Waals surface area contributed by atoms with Gasteiger partial charge >= 0.3 is 0 Å². The van der Waals surface area contributed by atoms with Crippen molar-refractivity contribution < 1.29 is 0 Å². The van der Waals surface area contributed by atoms with E-state index in [0.29, 0.717) is 11.6 Å². The van der Waals surface area contributed by atoms with E-state index in [1.54, 1.807) is 0 Å². The highest BCUT2D eigenvalue weighted by molar-refractivity contribution is 8.14. The van der Waals surface area contributed by atoms with Crippen LogP contribution in [-0.4, -0.2) is 34.0 Å². The van der Waals surface area contributed by atoms with Crippen LogP contribution in [0.15, 0.2) is 4.99 Å². The van der Waals surface area contributed by atoms with Crippen LogP contribution in [0.1, 0.15) is 58.3 Å². The molecule has 1 heterocycles. The van der Waals surface area contributed by atoms with Gasteiger partial charge in [0.25, 0.3) is 0 Å². The second kappa shape index (κ2) is 6.51. The summed E-state index contributed by atoms with van der Waals surface area (Å²) in [5.74, 6) is 2.17. The number of nitrogens with zero attached hydrogens (tertiary/aromatic N) is 1. The van der Waals surface area contributed by atoms with Crippen LogP contribution < -0.4 is 5.32 Å². The van der Waals surface area contributed by atoms with Gasteiger partial charge < -0.3 is 5.32 Å². The topological polar surface area (TPSA) is 24.4 Å². The maximum atomic E-state index is 5.06. The molecule has 20 heavy (non-hydrogen) atoms. The molecule has 1 saturated heterocycles. The Morgan fingerprint density at radius 1 is 1.25 bits per heavy atom. The Labute approximate surface area is 132 Å². The molecule has 1 aliphatic heterocycles. The molecule has 1 N–H and O–H groups in total. The lowest BCUT2D eigenvalue weighted by molar-refractivity contribution is 0.250. The zero-order chi connectivity index (χ0) is 14.0. The molecule has 0 bridgehead atoms. The van der Waals surface area contributed by atoms with Gasteiger partial charge in [-0.15, -0.1) is 0 Å². The molecule has 0 radical (unpaired) electrons. The predicted octanol–water partition coefficient (Wildman–Crippen LogP) is 4.30. The summed E-state index contributed by atoms with van der Waals surface area (Å²) in [5.41, 5.74) is 0.392. The zero-order valence-corrected chi connectivity index (χ0v) is 14.5. The van der Waals surface area contributed by atoms with Crippen LogP contribution in [0.4, 0.5) is 0 Å². The van der Waals surface area contributed by atoms with E-state index in [0.717, 1.165) is 11.2 Å². The zero-order valence-electron chi connectivity index (χ0n) is 12.9. The third-order valence-electron chi connectivity index (χ3n) is 5.32. The van der Waals surface area contributed by atoms with Gasteiger partial charge in [0.15, 0.2) is 5.17 Å². The van der Waals surface area contributed by atoms with Crippen LogP contribution in [0.5, 0.6) is 0 Å². The molecule has 0 aromatic carbocycles. The maximum absolute atomic E-state index is 5.06. The molecule has 0 aromatic rings. The van der Waals surface area contributed by atoms with Crippen LogP contribution in [0.25, 0.3) is 0 Å². The smallest absolute Gasteiger partial charge is 0.157 e. The van der Waals surface area contributed by atoms with E-state index in [-0.39, 0.29) is 0 Å². The molecule has 2 nitrogen and oxygen atoms in total. The van der Waals surface area contributed by atoms with E-state index < -0.39 is 0 Å². The van der Waals surface area contributed by atoms with Crippen LogP contribution in [0.3, 0.4) is 0 Å². The molecule has 3 fully saturated rings. The highest BCUT2D eigenvalue weighted by Gasteiger charge is 2.39. The van der Waals surface area contributed by atoms with Crippen LogP contribution in [0, 0.1) is 5.92 Å². The molecular formula is C16H28N2S2. The average Bonchev–Trinajstić information content (AvgIpc) is 2.86. The Kier molecular flexibility index (Phi) is 4.91. The summed E-state index contributed by atoms with van der Waals surface area (Å²) < 4.78 is 0. The summed E-state index contributed by atoms with van der Waals surface area (Å²) >= 11 is 4.02. The Balaban J connectivity index is 1.57. The fraction of sp³-hybridized carbons (Fsp3) is 0.938. The Hall–Kier alpha value is 0.170. The van der Waals surface area contributed by atoms with Crippen molar-refractivity contribution in [3.05, 3.63) is 0 Å². The highest BCUT2D eigenvalue weighted by Crippen LogP contribution is 2.39. The first kappa shape index (κ1) is 15.1. The van der Waals surface area contributed by atoms with E-state index in [2.05, 4.69) is 18.5 Å². The quantitative estimate of drug-likeness (QED) is 0.822. The Morgan fingerprint density at radius 3 is 2.80 bits per heavy atom. The molecule has 2 unspecified atom stereocenters. The normalized spacial score (nSPS) is 43.9. The molecule has 114 valence electrons. The summed E-state index contributed by atoms with van der Waals surface area (Å²) in [4.78, 5) is 5.06. The van der Waals surface area contributed by atoms with Crippen LogP contribution in [0.2, 0.25) is 0 Å². The fourth-order valence-electron chi connectivity index (χ4n) is 3.78. The summed E-state index contributed by atoms with van der Waals surface area (Å²) in [6.45, 7) is 2.40. The van der Waals surface area contributed by atoms with Crippen LogP contribution in [-0.2, 0) is 0 Å². The molecular weight excluding hydrogens is 284 g/mol. The lowest BCUT2D eigenvalue weighted by Gasteiger charge is -2.35. The van der Waals surface area contributed by atoms with Crippen molar-refractivity contribution in [3.8, 4) is 0 Å². The largest absolute Gasteiger partial charge is 0.359 e. The van der Waals surface area contributed by atoms with Crippen molar-refractivity contribution in [1.82, 2.24) is 5.32 Å². The maximum Gasteiger partial charge on any atom is 0.157 e. The van der Waals surface area contributed by atoms with Gasteiger partial charge in [0.1, 0.15) is 0 Å². The number of thioether (sulfide) groups is 2. The molecule has 2 saturated carbocycles. The van der Waals surface area contributed by atoms with E-state index in [9.17, 15) is 0 Å². The first-order chi connectivity index (χ1) is 9.69. The summed E-state index contributed by atoms with van der Waals surface area (Å²) in [6, 6.07) is 0.578. The average molecular weight is 313 g/mol. The third-order valence-corrected chi connectivity index (χ3v) is 7.59. The van der Waals surface area contributed by atoms with Gasteiger partial charge in [-0.2, -0.15) is 11.8 Å². The molecule has 2 atom stereocenters. The number of hydrogen-bond acceptors (Lipinski definition) is 3. The predicted molar refractivity (Wildman–Crippen MR) is 93.0 cm³/mol. The van der Waals surface area contributed by atoms with Gasteiger partial charge in [0.05, 0.1) is 6.04 Å². The summed E-state index contributed by atoms with van der Waals surface area (Å²) in [7, 11) is 0. The van der Waals surface area contributed by atoms with E-state index >= 15 is 0 Å². The van der Waals surface area contributed by atoms with Gasteiger partial charge in [-0.25, -0.2) is 0 Å². The van der Waals surface area contributed by atoms with Gasteiger partial charge in [0.2, 0.25) is 0 Å². The number of nitrogens with one attached hydrogen (secondary N) is 1. The van der Waals surface area contributed by atoms with Crippen molar-refractivity contribution in [2.75, 3.05) is 12.0 Å². The van der Waals surface area contributed by atoms with E-state index in [4.69, 9.17) is 4.99 Å². The fourth-order valence-corrected chi connectivity index (χ4v) is 5.88. The molecule has 1 spiro atoms. The monoisotopic (exact) mass is 312 g/mol. The number of amidine groups is 1. The summed E-state index contributed by atoms with van der Waals surface area (Å²) in [5, 5.41) is 5.91. The molecule has 4 heteroatoms. The molecule has 0 aromatic heterocycles. The minimum absolute atomic E-state index is 0.392. The van der Waals surface area contributed by atoms with Crippen molar-refractivity contribution in [3.63, 3.8) is 0 Å². The number of aliphatic imine (C=N–C) groups is 1. The highest BCUT2D eigenvalue weighted by atomic mass is 32.2. The number of hydrogen-bond donors (Lipinski definition) is 1. The second-order valence-electron chi connectivity index (χ2n) is 6.99. The van der Waals surface area contributed by atoms with Crippen LogP contribution >= 0.6 is 23.5 Å². The molecule has 3 rings (SSSR count). The molecule has 0 amide bonds. The lowest BCUT2D eigenvalue weighted by atomic mass is 9.78. The summed E-state index contributed by atoms with van der Waals surface area (Å²) in [6.07, 6.45) is 13.1. The first-order valence-corrected chi connectivity index (χ1v) is 10.5. The van der Waals surface area contributed by atoms with Crippen molar-refractivity contribution in [1.29, 1.82) is 0 Å². The first-order valence-electron chi connectivity index (χ1n) is 8.21. The molecule has 2 aliphatic carbocycles. The minimum atomic E-state index is 0.392. The van der Waals surface area contributed by atoms with Crippen molar-refractivity contribution >= 4 is 28.7 Å². The lowest BCUT2D eigenvalue weighted by Crippen LogP contribution is -2.46. The SMILES string of the molecule is CSC1CCCC(N=C2NC3(CCC(C)CC3)CS2)C1. The third kappa shape index (κ3) is 3.49. The van der Waals surface area contributed by atoms with Gasteiger partial charge in [-0.1, -0.05) is 25.1 Å². The second-order valence-corrected chi connectivity index (χ2v) is 9.09. The van der Waals surface area contributed by atoms with Gasteiger partial charge in [-0.3, -0.25) is 4.99 Å².